The molecule has 0 amide bonds. The number of ether oxygens (including phenoxy) is 4. The molecule has 4 heterocycles. The van der Waals surface area contributed by atoms with Crippen LogP contribution in [0.15, 0.2) is 12.7 Å². The van der Waals surface area contributed by atoms with Gasteiger partial charge in [0.05, 0.1) is 12.9 Å². The summed E-state index contributed by atoms with van der Waals surface area (Å²) in [5.41, 5.74) is 3.38. The zero-order chi connectivity index (χ0) is 19.2. The average molecular weight is 379 g/mol. The maximum absolute atomic E-state index is 14.0. The van der Waals surface area contributed by atoms with Crippen LogP contribution >= 0.6 is 0 Å². The molecule has 2 aromatic rings. The Bertz CT molecular complexity index is 923. The standard InChI is InChI=1S/C16H18FN5O5/c1-3-4-16-12(25-14(24-2)27-16)15(5-17,6-23)26-13(16)22-8-21-9-10(18)19-7-20-11(9)22/h7-8,12-14,23H,5-6H2,1-2H3,(H2,18,19,20)/t12-,13-,14?,15-,16-/m1/s1. The van der Waals surface area contributed by atoms with Crippen molar-refractivity contribution in [3.63, 3.8) is 0 Å². The summed E-state index contributed by atoms with van der Waals surface area (Å²) in [6.07, 6.45) is 0.612. The Hall–Kier alpha value is -2.36. The molecule has 2 aliphatic heterocycles. The molecule has 3 N–H and O–H groups in total. The summed E-state index contributed by atoms with van der Waals surface area (Å²) < 4.78 is 38.2. The van der Waals surface area contributed by atoms with E-state index in [1.54, 1.807) is 6.92 Å². The maximum Gasteiger partial charge on any atom is 0.273 e. The molecule has 0 aromatic carbocycles. The summed E-state index contributed by atoms with van der Waals surface area (Å²) in [6, 6.07) is 0. The lowest BCUT2D eigenvalue weighted by Gasteiger charge is -2.28. The van der Waals surface area contributed by atoms with Crippen LogP contribution in [0.2, 0.25) is 0 Å². The number of anilines is 1. The van der Waals surface area contributed by atoms with Gasteiger partial charge in [0.25, 0.3) is 6.48 Å². The fraction of sp³-hybridized carbons (Fsp3) is 0.562. The Morgan fingerprint density at radius 3 is 2.89 bits per heavy atom. The minimum absolute atomic E-state index is 0.182. The van der Waals surface area contributed by atoms with Gasteiger partial charge in [-0.3, -0.25) is 4.57 Å². The third-order valence-electron chi connectivity index (χ3n) is 4.77. The van der Waals surface area contributed by atoms with Crippen molar-refractivity contribution >= 4 is 17.0 Å². The number of rotatable bonds is 4. The molecule has 0 radical (unpaired) electrons. The second-order valence-electron chi connectivity index (χ2n) is 6.24. The van der Waals surface area contributed by atoms with Gasteiger partial charge >= 0.3 is 0 Å². The highest BCUT2D eigenvalue weighted by molar-refractivity contribution is 5.81. The molecule has 2 fully saturated rings. The zero-order valence-corrected chi connectivity index (χ0v) is 14.6. The first-order valence-electron chi connectivity index (χ1n) is 8.13. The van der Waals surface area contributed by atoms with E-state index < -0.39 is 43.3 Å². The molecule has 0 aliphatic carbocycles. The lowest BCUT2D eigenvalue weighted by Crippen LogP contribution is -2.51. The first-order chi connectivity index (χ1) is 13.0. The van der Waals surface area contributed by atoms with Crippen molar-refractivity contribution < 1.29 is 28.4 Å². The van der Waals surface area contributed by atoms with Crippen LogP contribution in [-0.2, 0) is 18.9 Å². The minimum atomic E-state index is -1.70. The highest BCUT2D eigenvalue weighted by Gasteiger charge is 2.71. The fourth-order valence-corrected chi connectivity index (χ4v) is 3.56. The lowest BCUT2D eigenvalue weighted by atomic mass is 9.87. The summed E-state index contributed by atoms with van der Waals surface area (Å²) >= 11 is 0. The van der Waals surface area contributed by atoms with Crippen molar-refractivity contribution in [2.75, 3.05) is 26.1 Å². The molecule has 5 atom stereocenters. The molecular formula is C16H18FN5O5. The number of nitrogens with two attached hydrogens (primary N) is 1. The zero-order valence-electron chi connectivity index (χ0n) is 14.6. The van der Waals surface area contributed by atoms with Gasteiger partial charge in [0.2, 0.25) is 5.60 Å². The minimum Gasteiger partial charge on any atom is -0.393 e. The number of alkyl halides is 1. The second-order valence-corrected chi connectivity index (χ2v) is 6.24. The van der Waals surface area contributed by atoms with E-state index in [9.17, 15) is 9.50 Å². The van der Waals surface area contributed by atoms with Crippen molar-refractivity contribution in [2.24, 2.45) is 0 Å². The van der Waals surface area contributed by atoms with E-state index in [0.29, 0.717) is 11.2 Å². The molecule has 10 nitrogen and oxygen atoms in total. The Balaban J connectivity index is 1.92. The molecule has 0 saturated carbocycles. The lowest BCUT2D eigenvalue weighted by molar-refractivity contribution is -0.278. The molecule has 0 spiro atoms. The van der Waals surface area contributed by atoms with Crippen molar-refractivity contribution in [2.45, 2.75) is 36.9 Å². The number of methoxy groups -OCH3 is 1. The topological polar surface area (TPSA) is 127 Å². The molecule has 0 bridgehead atoms. The normalized spacial score (nSPS) is 35.2. The molecule has 11 heteroatoms. The molecule has 144 valence electrons. The van der Waals surface area contributed by atoms with Gasteiger partial charge in [-0.25, -0.2) is 19.3 Å². The second kappa shape index (κ2) is 6.36. The van der Waals surface area contributed by atoms with Crippen LogP contribution < -0.4 is 5.73 Å². The van der Waals surface area contributed by atoms with Crippen LogP contribution in [0.1, 0.15) is 13.2 Å². The third-order valence-corrected chi connectivity index (χ3v) is 4.77. The molecular weight excluding hydrogens is 361 g/mol. The quantitative estimate of drug-likeness (QED) is 0.691. The van der Waals surface area contributed by atoms with Gasteiger partial charge < -0.3 is 29.8 Å². The number of aromatic nitrogens is 4. The molecule has 27 heavy (non-hydrogen) atoms. The number of aliphatic hydroxyl groups excluding tert-OH is 1. The smallest absolute Gasteiger partial charge is 0.273 e. The van der Waals surface area contributed by atoms with Crippen LogP contribution in [0.25, 0.3) is 11.2 Å². The van der Waals surface area contributed by atoms with E-state index in [1.807, 2.05) is 0 Å². The third kappa shape index (κ3) is 2.35. The number of aliphatic hydroxyl groups is 1. The fourth-order valence-electron chi connectivity index (χ4n) is 3.56. The molecule has 2 saturated heterocycles. The van der Waals surface area contributed by atoms with E-state index in [1.165, 1.54) is 24.3 Å². The van der Waals surface area contributed by atoms with Crippen LogP contribution in [0, 0.1) is 11.8 Å². The highest BCUT2D eigenvalue weighted by atomic mass is 19.1. The summed E-state index contributed by atoms with van der Waals surface area (Å²) in [5.74, 6) is 5.87. The van der Waals surface area contributed by atoms with E-state index in [2.05, 4.69) is 26.8 Å². The maximum atomic E-state index is 14.0. The highest BCUT2D eigenvalue weighted by Crippen LogP contribution is 2.53. The Labute approximate surface area is 153 Å². The Morgan fingerprint density at radius 1 is 1.41 bits per heavy atom. The van der Waals surface area contributed by atoms with Gasteiger partial charge in [-0.2, -0.15) is 0 Å². The number of nitrogen functional groups attached to an aromatic ring is 1. The number of halogens is 1. The number of fused-ring (bicyclic) bond motifs is 2. The SMILES string of the molecule is CC#C[C@@]12OC(OC)O[C@@H]1[C@](CO)(CF)O[C@H]2n1cnc2c(N)ncnc21. The summed E-state index contributed by atoms with van der Waals surface area (Å²) in [5, 5.41) is 9.92. The molecule has 2 aliphatic rings. The van der Waals surface area contributed by atoms with Gasteiger partial charge in [0.15, 0.2) is 23.3 Å². The van der Waals surface area contributed by atoms with Crippen molar-refractivity contribution in [3.8, 4) is 11.8 Å². The Kier molecular flexibility index (Phi) is 4.25. The van der Waals surface area contributed by atoms with E-state index in [0.717, 1.165) is 0 Å². The van der Waals surface area contributed by atoms with Gasteiger partial charge in [-0.15, -0.1) is 5.92 Å². The summed E-state index contributed by atoms with van der Waals surface area (Å²) in [4.78, 5) is 12.3. The van der Waals surface area contributed by atoms with Gasteiger partial charge in [-0.1, -0.05) is 5.92 Å². The summed E-state index contributed by atoms with van der Waals surface area (Å²) in [7, 11) is 1.38. The molecule has 2 aromatic heterocycles. The average Bonchev–Trinajstić information content (AvgIpc) is 3.33. The largest absolute Gasteiger partial charge is 0.393 e. The van der Waals surface area contributed by atoms with Crippen LogP contribution in [-0.4, -0.2) is 68.8 Å². The van der Waals surface area contributed by atoms with E-state index in [4.69, 9.17) is 24.7 Å². The van der Waals surface area contributed by atoms with Crippen LogP contribution in [0.3, 0.4) is 0 Å². The Morgan fingerprint density at radius 2 is 2.22 bits per heavy atom. The van der Waals surface area contributed by atoms with Crippen LogP contribution in [0.5, 0.6) is 0 Å². The van der Waals surface area contributed by atoms with Crippen molar-refractivity contribution in [1.29, 1.82) is 0 Å². The first kappa shape index (κ1) is 18.0. The number of imidazole rings is 1. The molecule has 4 rings (SSSR count). The van der Waals surface area contributed by atoms with Gasteiger partial charge in [-0.05, 0) is 6.92 Å². The van der Waals surface area contributed by atoms with Crippen LogP contribution in [0.4, 0.5) is 10.2 Å². The monoisotopic (exact) mass is 379 g/mol. The summed E-state index contributed by atoms with van der Waals surface area (Å²) in [6.45, 7) is -1.18. The predicted octanol–water partition coefficient (Wildman–Crippen LogP) is -0.255. The van der Waals surface area contributed by atoms with E-state index in [-0.39, 0.29) is 5.82 Å². The van der Waals surface area contributed by atoms with Crippen molar-refractivity contribution in [1.82, 2.24) is 19.5 Å². The number of nitrogens with zero attached hydrogens (tertiary/aromatic N) is 4. The first-order valence-corrected chi connectivity index (χ1v) is 8.13. The van der Waals surface area contributed by atoms with E-state index >= 15 is 0 Å². The van der Waals surface area contributed by atoms with Gasteiger partial charge in [0.1, 0.15) is 24.6 Å². The number of hydrogen-bond acceptors (Lipinski definition) is 9. The molecule has 1 unspecified atom stereocenters. The number of hydrogen-bond donors (Lipinski definition) is 2. The van der Waals surface area contributed by atoms with Crippen molar-refractivity contribution in [3.05, 3.63) is 12.7 Å². The van der Waals surface area contributed by atoms with Gasteiger partial charge in [0, 0.05) is 7.11 Å². The predicted molar refractivity (Wildman–Crippen MR) is 88.6 cm³/mol.